The Bertz CT molecular complexity index is 627. The molecule has 0 aromatic heterocycles. The van der Waals surface area contributed by atoms with Crippen LogP contribution in [0.1, 0.15) is 52.4 Å². The van der Waals surface area contributed by atoms with Crippen LogP contribution in [-0.4, -0.2) is 65.9 Å². The number of aliphatic carboxylic acids is 1. The Balaban J connectivity index is 4.78. The van der Waals surface area contributed by atoms with Crippen molar-refractivity contribution in [3.05, 3.63) is 0 Å². The lowest BCUT2D eigenvalue weighted by Crippen LogP contribution is -2.53. The lowest BCUT2D eigenvalue weighted by Gasteiger charge is -2.22. The highest BCUT2D eigenvalue weighted by Crippen LogP contribution is 2.06. The number of rotatable bonds is 16. The summed E-state index contributed by atoms with van der Waals surface area (Å²) in [5, 5.41) is 16.3. The number of carboxylic acids is 1. The Morgan fingerprint density at radius 2 is 1.58 bits per heavy atom. The first kappa shape index (κ1) is 28.3. The van der Waals surface area contributed by atoms with Gasteiger partial charge in [-0.1, -0.05) is 20.3 Å². The molecule has 0 aromatic carbocycles. The highest BCUT2D eigenvalue weighted by atomic mass is 16.4. The van der Waals surface area contributed by atoms with Crippen LogP contribution in [0.15, 0.2) is 0 Å². The Morgan fingerprint density at radius 3 is 2.10 bits per heavy atom. The van der Waals surface area contributed by atoms with Gasteiger partial charge in [-0.05, 0) is 38.1 Å². The predicted octanol–water partition coefficient (Wildman–Crippen LogP) is -2.08. The van der Waals surface area contributed by atoms with E-state index in [0.29, 0.717) is 25.8 Å². The fourth-order valence-electron chi connectivity index (χ4n) is 2.70. The fraction of sp³-hybridized carbons (Fsp3) is 0.737. The van der Waals surface area contributed by atoms with Crippen LogP contribution in [0.4, 0.5) is 0 Å². The van der Waals surface area contributed by atoms with E-state index in [9.17, 15) is 24.0 Å². The number of hydrogen-bond acceptors (Lipinski definition) is 7. The number of amides is 4. The minimum atomic E-state index is -1.32. The van der Waals surface area contributed by atoms with Crippen LogP contribution in [-0.2, 0) is 24.0 Å². The van der Waals surface area contributed by atoms with Crippen LogP contribution >= 0.6 is 0 Å². The van der Waals surface area contributed by atoms with Gasteiger partial charge in [-0.15, -0.1) is 0 Å². The molecule has 0 fully saturated rings. The Kier molecular flexibility index (Phi) is 13.8. The Hall–Kier alpha value is -2.73. The third-order valence-corrected chi connectivity index (χ3v) is 4.38. The molecule has 0 saturated heterocycles. The fourth-order valence-corrected chi connectivity index (χ4v) is 2.70. The van der Waals surface area contributed by atoms with Gasteiger partial charge in [0.1, 0.15) is 12.1 Å². The van der Waals surface area contributed by atoms with Gasteiger partial charge >= 0.3 is 5.97 Å². The topological polar surface area (TPSA) is 220 Å². The second-order valence-electron chi connectivity index (χ2n) is 7.76. The van der Waals surface area contributed by atoms with Gasteiger partial charge in [0.25, 0.3) is 0 Å². The maximum absolute atomic E-state index is 12.5. The molecule has 0 aliphatic heterocycles. The van der Waals surface area contributed by atoms with E-state index in [1.54, 1.807) is 0 Å². The minimum Gasteiger partial charge on any atom is -0.480 e. The molecule has 0 heterocycles. The zero-order valence-corrected chi connectivity index (χ0v) is 18.2. The lowest BCUT2D eigenvalue weighted by atomic mass is 10.0. The number of carboxylic acid groups (broad SMARTS) is 1. The van der Waals surface area contributed by atoms with Crippen LogP contribution in [0.25, 0.3) is 0 Å². The van der Waals surface area contributed by atoms with Gasteiger partial charge < -0.3 is 38.3 Å². The number of nitrogens with one attached hydrogen (secondary N) is 3. The molecule has 0 rings (SSSR count). The SMILES string of the molecule is CC(C)CC(NC(=O)C(N)CCCCN)C(=O)NCC(=O)NC(CCC(N)=O)C(=O)O. The number of primary amides is 1. The van der Waals surface area contributed by atoms with E-state index in [0.717, 1.165) is 6.42 Å². The molecule has 10 N–H and O–H groups in total. The highest BCUT2D eigenvalue weighted by Gasteiger charge is 2.26. The molecular formula is C19H36N6O6. The molecule has 0 spiro atoms. The molecule has 178 valence electrons. The van der Waals surface area contributed by atoms with Crippen LogP contribution in [0.2, 0.25) is 0 Å². The van der Waals surface area contributed by atoms with Gasteiger partial charge in [-0.2, -0.15) is 0 Å². The van der Waals surface area contributed by atoms with E-state index in [4.69, 9.17) is 22.3 Å². The second-order valence-corrected chi connectivity index (χ2v) is 7.76. The molecule has 3 atom stereocenters. The average Bonchev–Trinajstić information content (AvgIpc) is 2.67. The van der Waals surface area contributed by atoms with Crippen molar-refractivity contribution in [3.8, 4) is 0 Å². The summed E-state index contributed by atoms with van der Waals surface area (Å²) in [6, 6.07) is -2.99. The first-order valence-corrected chi connectivity index (χ1v) is 10.3. The van der Waals surface area contributed by atoms with E-state index in [-0.39, 0.29) is 18.8 Å². The third-order valence-electron chi connectivity index (χ3n) is 4.38. The molecule has 0 radical (unpaired) electrons. The smallest absolute Gasteiger partial charge is 0.326 e. The maximum Gasteiger partial charge on any atom is 0.326 e. The molecule has 3 unspecified atom stereocenters. The van der Waals surface area contributed by atoms with Crippen LogP contribution < -0.4 is 33.2 Å². The standard InChI is InChI=1S/C19H36N6O6/c1-11(2)9-14(25-17(28)12(21)5-3-4-8-20)18(29)23-10-16(27)24-13(19(30)31)6-7-15(22)26/h11-14H,3-10,20-21H2,1-2H3,(H2,22,26)(H,23,29)(H,24,27)(H,25,28)(H,30,31). The molecule has 0 aromatic rings. The van der Waals surface area contributed by atoms with Crippen molar-refractivity contribution in [1.82, 2.24) is 16.0 Å². The lowest BCUT2D eigenvalue weighted by molar-refractivity contribution is -0.142. The number of carbonyl (C=O) groups is 5. The summed E-state index contributed by atoms with van der Waals surface area (Å²) in [5.41, 5.74) is 16.3. The molecule has 0 bridgehead atoms. The maximum atomic E-state index is 12.5. The first-order chi connectivity index (χ1) is 14.5. The molecule has 31 heavy (non-hydrogen) atoms. The van der Waals surface area contributed by atoms with Gasteiger partial charge in [0, 0.05) is 6.42 Å². The summed E-state index contributed by atoms with van der Waals surface area (Å²) in [4.78, 5) is 58.8. The normalized spacial score (nSPS) is 13.7. The number of carbonyl (C=O) groups excluding carboxylic acids is 4. The van der Waals surface area contributed by atoms with Crippen molar-refractivity contribution >= 4 is 29.6 Å². The molecule has 12 heteroatoms. The first-order valence-electron chi connectivity index (χ1n) is 10.3. The monoisotopic (exact) mass is 444 g/mol. The number of nitrogens with two attached hydrogens (primary N) is 3. The van der Waals surface area contributed by atoms with Gasteiger partial charge in [0.05, 0.1) is 12.6 Å². The van der Waals surface area contributed by atoms with Crippen molar-refractivity contribution in [2.24, 2.45) is 23.1 Å². The van der Waals surface area contributed by atoms with Crippen LogP contribution in [0, 0.1) is 5.92 Å². The molecule has 4 amide bonds. The summed E-state index contributed by atoms with van der Waals surface area (Å²) in [5.74, 6) is -3.76. The van der Waals surface area contributed by atoms with Gasteiger partial charge in [-0.25, -0.2) is 4.79 Å². The summed E-state index contributed by atoms with van der Waals surface area (Å²) in [7, 11) is 0. The summed E-state index contributed by atoms with van der Waals surface area (Å²) in [6.07, 6.45) is 1.81. The molecular weight excluding hydrogens is 408 g/mol. The van der Waals surface area contributed by atoms with Crippen molar-refractivity contribution in [1.29, 1.82) is 0 Å². The second kappa shape index (κ2) is 15.1. The van der Waals surface area contributed by atoms with E-state index in [2.05, 4.69) is 16.0 Å². The Labute approximate surface area is 182 Å². The van der Waals surface area contributed by atoms with Crippen LogP contribution in [0.5, 0.6) is 0 Å². The summed E-state index contributed by atoms with van der Waals surface area (Å²) >= 11 is 0. The van der Waals surface area contributed by atoms with Crippen molar-refractivity contribution in [3.63, 3.8) is 0 Å². The van der Waals surface area contributed by atoms with E-state index in [1.807, 2.05) is 13.8 Å². The number of hydrogen-bond donors (Lipinski definition) is 7. The summed E-state index contributed by atoms with van der Waals surface area (Å²) < 4.78 is 0. The Morgan fingerprint density at radius 1 is 0.935 bits per heavy atom. The van der Waals surface area contributed by atoms with E-state index < -0.39 is 54.3 Å². The van der Waals surface area contributed by atoms with Crippen molar-refractivity contribution in [2.75, 3.05) is 13.1 Å². The predicted molar refractivity (Wildman–Crippen MR) is 113 cm³/mol. The average molecular weight is 445 g/mol. The van der Waals surface area contributed by atoms with Crippen molar-refractivity contribution < 1.29 is 29.1 Å². The molecule has 0 aliphatic rings. The van der Waals surface area contributed by atoms with E-state index >= 15 is 0 Å². The highest BCUT2D eigenvalue weighted by molar-refractivity contribution is 5.92. The van der Waals surface area contributed by atoms with Gasteiger partial charge in [-0.3, -0.25) is 19.2 Å². The largest absolute Gasteiger partial charge is 0.480 e. The van der Waals surface area contributed by atoms with Crippen molar-refractivity contribution in [2.45, 2.75) is 70.5 Å². The summed E-state index contributed by atoms with van der Waals surface area (Å²) in [6.45, 7) is 3.75. The molecule has 0 aliphatic carbocycles. The van der Waals surface area contributed by atoms with Gasteiger partial charge in [0.2, 0.25) is 23.6 Å². The van der Waals surface area contributed by atoms with Gasteiger partial charge in [0.15, 0.2) is 0 Å². The number of unbranched alkanes of at least 4 members (excludes halogenated alkanes) is 1. The zero-order chi connectivity index (χ0) is 24.0. The molecule has 0 saturated carbocycles. The molecule has 12 nitrogen and oxygen atoms in total. The zero-order valence-electron chi connectivity index (χ0n) is 18.2. The van der Waals surface area contributed by atoms with E-state index in [1.165, 1.54) is 0 Å². The van der Waals surface area contributed by atoms with Crippen LogP contribution in [0.3, 0.4) is 0 Å². The quantitative estimate of drug-likeness (QED) is 0.131. The minimum absolute atomic E-state index is 0.0727. The third kappa shape index (κ3) is 13.2.